The molecule has 156 valence electrons. The number of benzene rings is 2. The molecule has 2 aromatic rings. The number of nitrogens with one attached hydrogen (secondary N) is 1. The predicted octanol–water partition coefficient (Wildman–Crippen LogP) is 2.70. The Labute approximate surface area is 170 Å². The van der Waals surface area contributed by atoms with Crippen molar-refractivity contribution in [3.8, 4) is 11.5 Å². The fraction of sp³-hybridized carbons (Fsp3) is 0.300. The van der Waals surface area contributed by atoms with Crippen molar-refractivity contribution in [1.82, 2.24) is 0 Å². The fourth-order valence-corrected chi connectivity index (χ4v) is 4.00. The molecule has 0 fully saturated rings. The maximum atomic E-state index is 12.8. The van der Waals surface area contributed by atoms with Crippen molar-refractivity contribution < 1.29 is 27.5 Å². The van der Waals surface area contributed by atoms with Gasteiger partial charge in [-0.05, 0) is 38.1 Å². The van der Waals surface area contributed by atoms with E-state index in [1.165, 1.54) is 46.3 Å². The minimum absolute atomic E-state index is 0.141. The molecule has 0 saturated heterocycles. The Morgan fingerprint density at radius 1 is 1.03 bits per heavy atom. The molecule has 0 aromatic heterocycles. The van der Waals surface area contributed by atoms with Gasteiger partial charge in [-0.2, -0.15) is 0 Å². The Balaban J connectivity index is 2.37. The van der Waals surface area contributed by atoms with Gasteiger partial charge >= 0.3 is 0 Å². The summed E-state index contributed by atoms with van der Waals surface area (Å²) in [5, 5.41) is 2.66. The molecule has 0 aliphatic heterocycles. The van der Waals surface area contributed by atoms with Crippen LogP contribution < -0.4 is 19.1 Å². The fourth-order valence-electron chi connectivity index (χ4n) is 2.83. The van der Waals surface area contributed by atoms with Crippen molar-refractivity contribution in [2.75, 3.05) is 30.1 Å². The monoisotopic (exact) mass is 420 g/mol. The number of rotatable bonds is 8. The van der Waals surface area contributed by atoms with Crippen molar-refractivity contribution in [3.05, 3.63) is 48.0 Å². The maximum absolute atomic E-state index is 12.8. The number of hydrogen-bond acceptors (Lipinski definition) is 6. The lowest BCUT2D eigenvalue weighted by atomic mass is 10.1. The number of carbonyl (C=O) groups is 2. The van der Waals surface area contributed by atoms with E-state index in [4.69, 9.17) is 9.47 Å². The number of ketones is 1. The Hall–Kier alpha value is -3.07. The Morgan fingerprint density at radius 2 is 1.69 bits per heavy atom. The molecule has 1 N–H and O–H groups in total. The normalized spacial score (nSPS) is 12.0. The Kier molecular flexibility index (Phi) is 6.86. The number of ether oxygens (including phenoxy) is 2. The number of Topliss-reactive ketones (excluding diaryl/α,β-unsaturated/α-hetero) is 1. The van der Waals surface area contributed by atoms with Crippen LogP contribution in [0.2, 0.25) is 0 Å². The van der Waals surface area contributed by atoms with Crippen LogP contribution in [0.4, 0.5) is 11.4 Å². The number of amides is 1. The third-order valence-corrected chi connectivity index (χ3v) is 5.49. The lowest BCUT2D eigenvalue weighted by Gasteiger charge is -2.28. The topological polar surface area (TPSA) is 102 Å². The molecule has 0 bridgehead atoms. The van der Waals surface area contributed by atoms with Crippen molar-refractivity contribution >= 4 is 33.1 Å². The van der Waals surface area contributed by atoms with Crippen LogP contribution in [-0.2, 0) is 14.8 Å². The summed E-state index contributed by atoms with van der Waals surface area (Å²) >= 11 is 0. The molecule has 9 heteroatoms. The highest BCUT2D eigenvalue weighted by molar-refractivity contribution is 7.92. The highest BCUT2D eigenvalue weighted by Gasteiger charge is 2.30. The largest absolute Gasteiger partial charge is 0.493 e. The van der Waals surface area contributed by atoms with Crippen LogP contribution in [0.15, 0.2) is 42.5 Å². The van der Waals surface area contributed by atoms with Gasteiger partial charge in [-0.15, -0.1) is 0 Å². The Morgan fingerprint density at radius 3 is 2.24 bits per heavy atom. The minimum atomic E-state index is -3.80. The van der Waals surface area contributed by atoms with E-state index >= 15 is 0 Å². The summed E-state index contributed by atoms with van der Waals surface area (Å²) in [5.74, 6) is 0.0754. The van der Waals surface area contributed by atoms with E-state index in [-0.39, 0.29) is 11.5 Å². The quantitative estimate of drug-likeness (QED) is 0.659. The summed E-state index contributed by atoms with van der Waals surface area (Å²) in [5.41, 5.74) is 1.09. The van der Waals surface area contributed by atoms with Crippen LogP contribution >= 0.6 is 0 Å². The third-order valence-electron chi connectivity index (χ3n) is 4.25. The minimum Gasteiger partial charge on any atom is -0.493 e. The molecule has 0 heterocycles. The number of sulfonamides is 1. The summed E-state index contributed by atoms with van der Waals surface area (Å²) in [6.07, 6.45) is 1.02. The standard InChI is InChI=1S/C20H24N2O6S/c1-13(20(24)21-16-8-6-7-15(11-16)14(2)23)22(29(5,25)26)17-9-10-18(27-3)19(12-17)28-4/h6-13H,1-5H3,(H,21,24). The molecular weight excluding hydrogens is 396 g/mol. The molecule has 0 aliphatic carbocycles. The van der Waals surface area contributed by atoms with Crippen LogP contribution in [0.5, 0.6) is 11.5 Å². The first-order valence-electron chi connectivity index (χ1n) is 8.71. The van der Waals surface area contributed by atoms with Crippen LogP contribution in [0, 0.1) is 0 Å². The second-order valence-corrected chi connectivity index (χ2v) is 8.26. The van der Waals surface area contributed by atoms with Crippen molar-refractivity contribution in [1.29, 1.82) is 0 Å². The molecule has 0 radical (unpaired) electrons. The maximum Gasteiger partial charge on any atom is 0.247 e. The summed E-state index contributed by atoms with van der Waals surface area (Å²) < 4.78 is 36.3. The van der Waals surface area contributed by atoms with Gasteiger partial charge in [0.25, 0.3) is 0 Å². The number of carbonyl (C=O) groups excluding carboxylic acids is 2. The number of methoxy groups -OCH3 is 2. The van der Waals surface area contributed by atoms with E-state index in [2.05, 4.69) is 5.32 Å². The van der Waals surface area contributed by atoms with E-state index in [0.717, 1.165) is 10.6 Å². The van der Waals surface area contributed by atoms with E-state index < -0.39 is 22.0 Å². The highest BCUT2D eigenvalue weighted by atomic mass is 32.2. The molecule has 2 rings (SSSR count). The molecular formula is C20H24N2O6S. The molecule has 29 heavy (non-hydrogen) atoms. The lowest BCUT2D eigenvalue weighted by molar-refractivity contribution is -0.116. The zero-order valence-electron chi connectivity index (χ0n) is 16.9. The molecule has 1 amide bonds. The summed E-state index contributed by atoms with van der Waals surface area (Å²) in [4.78, 5) is 24.3. The number of nitrogens with zero attached hydrogens (tertiary/aromatic N) is 1. The highest BCUT2D eigenvalue weighted by Crippen LogP contribution is 2.33. The van der Waals surface area contributed by atoms with E-state index in [0.29, 0.717) is 22.7 Å². The van der Waals surface area contributed by atoms with Crippen LogP contribution in [0.25, 0.3) is 0 Å². The first-order valence-corrected chi connectivity index (χ1v) is 10.6. The second-order valence-electron chi connectivity index (χ2n) is 6.40. The van der Waals surface area contributed by atoms with Gasteiger partial charge in [-0.3, -0.25) is 13.9 Å². The lowest BCUT2D eigenvalue weighted by Crippen LogP contribution is -2.45. The van der Waals surface area contributed by atoms with Crippen LogP contribution in [0.1, 0.15) is 24.2 Å². The average Bonchev–Trinajstić information content (AvgIpc) is 2.66. The average molecular weight is 420 g/mol. The third kappa shape index (κ3) is 5.26. The number of hydrogen-bond donors (Lipinski definition) is 1. The van der Waals surface area contributed by atoms with Gasteiger partial charge in [-0.25, -0.2) is 8.42 Å². The second kappa shape index (κ2) is 8.95. The summed E-state index contributed by atoms with van der Waals surface area (Å²) in [7, 11) is -0.894. The van der Waals surface area contributed by atoms with Gasteiger partial charge in [0, 0.05) is 17.3 Å². The Bertz CT molecular complexity index is 1020. The van der Waals surface area contributed by atoms with Gasteiger partial charge in [0.1, 0.15) is 6.04 Å². The first-order chi connectivity index (χ1) is 13.6. The smallest absolute Gasteiger partial charge is 0.247 e. The van der Waals surface area contributed by atoms with Gasteiger partial charge in [0.15, 0.2) is 17.3 Å². The molecule has 0 spiro atoms. The molecule has 1 atom stereocenters. The van der Waals surface area contributed by atoms with Crippen molar-refractivity contribution in [3.63, 3.8) is 0 Å². The molecule has 0 aliphatic rings. The van der Waals surface area contributed by atoms with Crippen LogP contribution in [-0.4, -0.2) is 46.6 Å². The molecule has 8 nitrogen and oxygen atoms in total. The van der Waals surface area contributed by atoms with E-state index in [1.807, 2.05) is 0 Å². The van der Waals surface area contributed by atoms with Crippen molar-refractivity contribution in [2.24, 2.45) is 0 Å². The van der Waals surface area contributed by atoms with Crippen LogP contribution in [0.3, 0.4) is 0 Å². The van der Waals surface area contributed by atoms with Crippen molar-refractivity contribution in [2.45, 2.75) is 19.9 Å². The van der Waals surface area contributed by atoms with Gasteiger partial charge in [0.2, 0.25) is 15.9 Å². The van der Waals surface area contributed by atoms with Gasteiger partial charge in [0.05, 0.1) is 26.2 Å². The first kappa shape index (κ1) is 22.2. The molecule has 0 saturated carbocycles. The number of anilines is 2. The zero-order valence-corrected chi connectivity index (χ0v) is 17.7. The van der Waals surface area contributed by atoms with Gasteiger partial charge < -0.3 is 14.8 Å². The zero-order chi connectivity index (χ0) is 21.8. The van der Waals surface area contributed by atoms with E-state index in [9.17, 15) is 18.0 Å². The van der Waals surface area contributed by atoms with E-state index in [1.54, 1.807) is 24.3 Å². The molecule has 2 aromatic carbocycles. The summed E-state index contributed by atoms with van der Waals surface area (Å²) in [6.45, 7) is 2.90. The molecule has 1 unspecified atom stereocenters. The predicted molar refractivity (Wildman–Crippen MR) is 111 cm³/mol. The SMILES string of the molecule is COc1ccc(N(C(C)C(=O)Nc2cccc(C(C)=O)c2)S(C)(=O)=O)cc1OC. The summed E-state index contributed by atoms with van der Waals surface area (Å²) in [6, 6.07) is 9.94. The van der Waals surface area contributed by atoms with Gasteiger partial charge in [-0.1, -0.05) is 12.1 Å².